The highest BCUT2D eigenvalue weighted by Gasteiger charge is 2.35. The minimum Gasteiger partial charge on any atom is -0.497 e. The molecule has 3 aromatic carbocycles. The van der Waals surface area contributed by atoms with Crippen LogP contribution in [0.4, 0.5) is 17.1 Å². The molecule has 0 fully saturated rings. The van der Waals surface area contributed by atoms with Gasteiger partial charge in [-0.1, -0.05) is 35.5 Å². The van der Waals surface area contributed by atoms with Crippen molar-refractivity contribution in [2.24, 2.45) is 4.99 Å². The summed E-state index contributed by atoms with van der Waals surface area (Å²) in [5, 5.41) is 13.7. The number of methoxy groups -OCH3 is 3. The molecule has 0 bridgehead atoms. The molecular weight excluding hydrogens is 572 g/mol. The summed E-state index contributed by atoms with van der Waals surface area (Å²) < 4.78 is 15.8. The zero-order valence-corrected chi connectivity index (χ0v) is 24.0. The number of nitrogens with one attached hydrogen (secondary N) is 1. The molecule has 1 aliphatic heterocycles. The van der Waals surface area contributed by atoms with E-state index in [0.717, 1.165) is 17.3 Å². The molecule has 0 aliphatic carbocycles. The van der Waals surface area contributed by atoms with Crippen molar-refractivity contribution < 1.29 is 28.7 Å². The van der Waals surface area contributed by atoms with E-state index in [1.807, 2.05) is 0 Å². The zero-order valence-electron chi connectivity index (χ0n) is 22.4. The third-order valence-electron chi connectivity index (χ3n) is 5.94. The second kappa shape index (κ2) is 12.7. The molecule has 212 valence electrons. The van der Waals surface area contributed by atoms with E-state index in [-0.39, 0.29) is 28.0 Å². The maximum absolute atomic E-state index is 13.6. The van der Waals surface area contributed by atoms with Crippen molar-refractivity contribution in [3.63, 3.8) is 0 Å². The van der Waals surface area contributed by atoms with Gasteiger partial charge < -0.3 is 19.5 Å². The van der Waals surface area contributed by atoms with Crippen LogP contribution in [-0.4, -0.2) is 48.5 Å². The number of amides is 2. The van der Waals surface area contributed by atoms with Gasteiger partial charge in [0.2, 0.25) is 5.91 Å². The van der Waals surface area contributed by atoms with Gasteiger partial charge in [0.1, 0.15) is 22.9 Å². The summed E-state index contributed by atoms with van der Waals surface area (Å²) in [6, 6.07) is 15.9. The molecule has 1 atom stereocenters. The fourth-order valence-electron chi connectivity index (χ4n) is 3.80. The Bertz CT molecular complexity index is 1560. The van der Waals surface area contributed by atoms with Crippen LogP contribution in [0.1, 0.15) is 12.5 Å². The van der Waals surface area contributed by atoms with Crippen LogP contribution in [0.25, 0.3) is 6.08 Å². The van der Waals surface area contributed by atoms with Gasteiger partial charge in [-0.2, -0.15) is 0 Å². The maximum Gasteiger partial charge on any atom is 0.283 e. The topological polar surface area (TPSA) is 133 Å². The molecule has 2 amide bonds. The lowest BCUT2D eigenvalue weighted by Gasteiger charge is -2.21. The average molecular weight is 597 g/mol. The van der Waals surface area contributed by atoms with Crippen molar-refractivity contribution in [1.29, 1.82) is 0 Å². The number of nitro benzene ring substituents is 1. The van der Waals surface area contributed by atoms with Gasteiger partial charge in [-0.25, -0.2) is 4.99 Å². The summed E-state index contributed by atoms with van der Waals surface area (Å²) in [6.45, 7) is 1.63. The van der Waals surface area contributed by atoms with E-state index in [1.165, 1.54) is 37.3 Å². The lowest BCUT2D eigenvalue weighted by Crippen LogP contribution is -2.33. The van der Waals surface area contributed by atoms with E-state index in [9.17, 15) is 19.7 Å². The molecule has 41 heavy (non-hydrogen) atoms. The summed E-state index contributed by atoms with van der Waals surface area (Å²) in [6.07, 6.45) is 1.63. The highest BCUT2D eigenvalue weighted by Crippen LogP contribution is 2.36. The maximum atomic E-state index is 13.6. The predicted octanol–water partition coefficient (Wildman–Crippen LogP) is 5.78. The van der Waals surface area contributed by atoms with E-state index >= 15 is 0 Å². The van der Waals surface area contributed by atoms with Gasteiger partial charge in [-0.3, -0.25) is 24.6 Å². The van der Waals surface area contributed by atoms with Crippen LogP contribution < -0.4 is 24.4 Å². The number of benzene rings is 3. The van der Waals surface area contributed by atoms with Crippen LogP contribution in [0.2, 0.25) is 5.02 Å². The predicted molar refractivity (Wildman–Crippen MR) is 159 cm³/mol. The number of nitro groups is 1. The van der Waals surface area contributed by atoms with Crippen LogP contribution in [0.3, 0.4) is 0 Å². The second-order valence-electron chi connectivity index (χ2n) is 8.55. The molecule has 0 spiro atoms. The number of hydrogen-bond acceptors (Lipinski definition) is 9. The molecule has 13 heteroatoms. The molecule has 0 aromatic heterocycles. The first kappa shape index (κ1) is 29.4. The number of carbonyl (C=O) groups excluding carboxylic acids is 2. The lowest BCUT2D eigenvalue weighted by atomic mass is 10.2. The molecule has 1 N–H and O–H groups in total. The van der Waals surface area contributed by atoms with Gasteiger partial charge in [0, 0.05) is 18.2 Å². The molecule has 0 saturated heterocycles. The molecule has 0 saturated carbocycles. The summed E-state index contributed by atoms with van der Waals surface area (Å²) in [7, 11) is 4.42. The number of rotatable bonds is 9. The first-order valence-corrected chi connectivity index (χ1v) is 13.3. The number of amidine groups is 1. The summed E-state index contributed by atoms with van der Waals surface area (Å²) in [5.74, 6) is 0.386. The molecular formula is C28H25ClN4O7S. The van der Waals surface area contributed by atoms with E-state index < -0.39 is 22.0 Å². The minimum absolute atomic E-state index is 0.142. The Morgan fingerprint density at radius 2 is 1.76 bits per heavy atom. The Labute approximate surface area is 244 Å². The van der Waals surface area contributed by atoms with Crippen LogP contribution in [0, 0.1) is 10.1 Å². The third kappa shape index (κ3) is 6.61. The van der Waals surface area contributed by atoms with Crippen molar-refractivity contribution in [1.82, 2.24) is 0 Å². The number of aliphatic imine (C=N–C) groups is 1. The van der Waals surface area contributed by atoms with Gasteiger partial charge in [-0.15, -0.1) is 0 Å². The first-order chi connectivity index (χ1) is 19.6. The fourth-order valence-corrected chi connectivity index (χ4v) is 4.92. The fraction of sp³-hybridized carbons (Fsp3) is 0.179. The number of hydrogen-bond donors (Lipinski definition) is 1. The number of thioether (sulfide) groups is 1. The number of carbonyl (C=O) groups is 2. The van der Waals surface area contributed by atoms with Gasteiger partial charge in [0.25, 0.3) is 11.6 Å². The largest absolute Gasteiger partial charge is 0.497 e. The molecule has 0 unspecified atom stereocenters. The second-order valence-corrected chi connectivity index (χ2v) is 10.3. The summed E-state index contributed by atoms with van der Waals surface area (Å²) >= 11 is 7.24. The summed E-state index contributed by atoms with van der Waals surface area (Å²) in [4.78, 5) is 43.4. The van der Waals surface area contributed by atoms with Gasteiger partial charge in [0.15, 0.2) is 5.17 Å². The Morgan fingerprint density at radius 1 is 1.05 bits per heavy atom. The van der Waals surface area contributed by atoms with E-state index in [4.69, 9.17) is 25.8 Å². The van der Waals surface area contributed by atoms with Crippen molar-refractivity contribution in [2.75, 3.05) is 31.5 Å². The molecule has 3 aromatic rings. The number of halogens is 1. The number of ether oxygens (including phenoxy) is 3. The van der Waals surface area contributed by atoms with Crippen molar-refractivity contribution in [3.8, 4) is 17.2 Å². The Kier molecular flexibility index (Phi) is 9.15. The Balaban J connectivity index is 1.65. The highest BCUT2D eigenvalue weighted by atomic mass is 35.5. The van der Waals surface area contributed by atoms with Crippen LogP contribution in [0.5, 0.6) is 17.2 Å². The van der Waals surface area contributed by atoms with Gasteiger partial charge >= 0.3 is 0 Å². The Hall–Kier alpha value is -4.55. The van der Waals surface area contributed by atoms with Crippen LogP contribution in [0.15, 0.2) is 71.4 Å². The number of non-ortho nitro benzene ring substituents is 1. The Morgan fingerprint density at radius 3 is 2.39 bits per heavy atom. The molecule has 1 heterocycles. The lowest BCUT2D eigenvalue weighted by molar-refractivity contribution is -0.384. The monoisotopic (exact) mass is 596 g/mol. The molecule has 0 radical (unpaired) electrons. The average Bonchev–Trinajstić information content (AvgIpc) is 3.27. The van der Waals surface area contributed by atoms with E-state index in [2.05, 4.69) is 10.3 Å². The van der Waals surface area contributed by atoms with E-state index in [0.29, 0.717) is 22.2 Å². The number of anilines is 2. The van der Waals surface area contributed by atoms with Crippen molar-refractivity contribution in [2.45, 2.75) is 12.2 Å². The molecule has 4 rings (SSSR count). The zero-order chi connectivity index (χ0) is 29.7. The molecule has 11 nitrogen and oxygen atoms in total. The van der Waals surface area contributed by atoms with Gasteiger partial charge in [0.05, 0.1) is 47.9 Å². The van der Waals surface area contributed by atoms with Crippen molar-refractivity contribution in [3.05, 3.63) is 87.1 Å². The van der Waals surface area contributed by atoms with Crippen LogP contribution >= 0.6 is 23.4 Å². The highest BCUT2D eigenvalue weighted by molar-refractivity contribution is 8.15. The minimum atomic E-state index is -0.775. The smallest absolute Gasteiger partial charge is 0.283 e. The molecule has 1 aliphatic rings. The number of nitrogens with zero attached hydrogens (tertiary/aromatic N) is 3. The quantitative estimate of drug-likeness (QED) is 0.187. The third-order valence-corrected chi connectivity index (χ3v) is 7.31. The van der Waals surface area contributed by atoms with E-state index in [1.54, 1.807) is 62.6 Å². The van der Waals surface area contributed by atoms with Gasteiger partial charge in [-0.05, 0) is 48.9 Å². The first-order valence-electron chi connectivity index (χ1n) is 12.1. The normalized spacial score (nSPS) is 14.5. The van der Waals surface area contributed by atoms with Crippen molar-refractivity contribution >= 4 is 63.5 Å². The summed E-state index contributed by atoms with van der Waals surface area (Å²) in [5.41, 5.74) is 1.25. The standard InChI is InChI=1S/C28H25ClN4O7S/c1-16(26(34)30-22-14-19(33(36)37)8-12-24(22)39-3)41-28-31-23(13-17-5-9-20(38-2)10-6-17)27(35)32(28)18-7-11-21(29)25(15-18)40-4/h5-16H,1-4H3,(H,30,34)/b23-13+/t16-/m0/s1. The SMILES string of the molecule is COc1ccc(/C=C2/N=C(S[C@@H](C)C(=O)Nc3cc([N+](=O)[O-])ccc3OC)N(c3ccc(Cl)c(OC)c3)C2=O)cc1. The van der Waals surface area contributed by atoms with Crippen LogP contribution in [-0.2, 0) is 9.59 Å².